The molecule has 0 aliphatic heterocycles. The van der Waals surface area contributed by atoms with Crippen molar-refractivity contribution in [2.24, 2.45) is 5.92 Å². The Morgan fingerprint density at radius 1 is 0.806 bits per heavy atom. The van der Waals surface area contributed by atoms with Crippen LogP contribution in [0.1, 0.15) is 96.8 Å². The van der Waals surface area contributed by atoms with Crippen molar-refractivity contribution in [2.75, 3.05) is 13.2 Å². The molecule has 200 valence electrons. The van der Waals surface area contributed by atoms with Crippen LogP contribution in [0.25, 0.3) is 11.4 Å². The van der Waals surface area contributed by atoms with Crippen LogP contribution in [0.3, 0.4) is 0 Å². The van der Waals surface area contributed by atoms with Gasteiger partial charge in [0.25, 0.3) is 0 Å². The maximum absolute atomic E-state index is 14.0. The van der Waals surface area contributed by atoms with Crippen LogP contribution in [-0.2, 0) is 0 Å². The van der Waals surface area contributed by atoms with Gasteiger partial charge in [0, 0.05) is 5.56 Å². The van der Waals surface area contributed by atoms with Gasteiger partial charge in [-0.25, -0.2) is 18.7 Å². The van der Waals surface area contributed by atoms with Gasteiger partial charge in [-0.15, -0.1) is 0 Å². The molecule has 4 nitrogen and oxygen atoms in total. The number of benzene rings is 1. The zero-order valence-corrected chi connectivity index (χ0v) is 22.0. The maximum Gasteiger partial charge on any atom is 0.165 e. The van der Waals surface area contributed by atoms with Gasteiger partial charge in [-0.2, -0.15) is 0 Å². The molecule has 1 aromatic heterocycles. The molecule has 2 atom stereocenters. The predicted octanol–water partition coefficient (Wildman–Crippen LogP) is 8.69. The number of ether oxygens (including phenoxy) is 2. The molecule has 6 heteroatoms. The molecule has 1 saturated carbocycles. The lowest BCUT2D eigenvalue weighted by molar-refractivity contribution is 0.102. The molecule has 0 N–H and O–H groups in total. The van der Waals surface area contributed by atoms with Crippen molar-refractivity contribution in [1.29, 1.82) is 0 Å². The number of hydrogen-bond acceptors (Lipinski definition) is 4. The van der Waals surface area contributed by atoms with Gasteiger partial charge >= 0.3 is 0 Å². The predicted molar refractivity (Wildman–Crippen MR) is 142 cm³/mol. The monoisotopic (exact) mass is 502 g/mol. The number of unbranched alkanes of at least 4 members (excludes halogenated alkanes) is 6. The Kier molecular flexibility index (Phi) is 13.0. The minimum Gasteiger partial charge on any atom is -0.490 e. The van der Waals surface area contributed by atoms with E-state index in [1.165, 1.54) is 57.8 Å². The van der Waals surface area contributed by atoms with E-state index < -0.39 is 12.3 Å². The Hall–Kier alpha value is -2.24. The summed E-state index contributed by atoms with van der Waals surface area (Å²) in [5.41, 5.74) is 0.825. The number of alkyl halides is 2. The summed E-state index contributed by atoms with van der Waals surface area (Å²) in [6.45, 7) is 2.45. The van der Waals surface area contributed by atoms with Gasteiger partial charge in [0.1, 0.15) is 18.5 Å². The molecule has 0 radical (unpaired) electrons. The largest absolute Gasteiger partial charge is 0.490 e. The van der Waals surface area contributed by atoms with Crippen LogP contribution in [0, 0.1) is 5.92 Å². The van der Waals surface area contributed by atoms with Crippen molar-refractivity contribution < 1.29 is 18.3 Å². The van der Waals surface area contributed by atoms with Crippen LogP contribution < -0.4 is 9.47 Å². The Morgan fingerprint density at radius 2 is 1.50 bits per heavy atom. The summed E-state index contributed by atoms with van der Waals surface area (Å²) < 4.78 is 39.1. The normalized spacial score (nSPS) is 15.6. The highest BCUT2D eigenvalue weighted by Gasteiger charge is 2.20. The molecular weight excluding hydrogens is 458 g/mol. The van der Waals surface area contributed by atoms with E-state index in [1.807, 2.05) is 19.1 Å². The highest BCUT2D eigenvalue weighted by molar-refractivity contribution is 5.56. The van der Waals surface area contributed by atoms with E-state index in [9.17, 15) is 8.78 Å². The van der Waals surface area contributed by atoms with Gasteiger partial charge in [-0.1, -0.05) is 84.0 Å². The van der Waals surface area contributed by atoms with Crippen LogP contribution in [0.2, 0.25) is 0 Å². The number of hydrogen-bond donors (Lipinski definition) is 0. The zero-order chi connectivity index (χ0) is 25.4. The van der Waals surface area contributed by atoms with Crippen molar-refractivity contribution in [3.63, 3.8) is 0 Å². The summed E-state index contributed by atoms with van der Waals surface area (Å²) in [6.07, 6.45) is 16.6. The smallest absolute Gasteiger partial charge is 0.165 e. The summed E-state index contributed by atoms with van der Waals surface area (Å²) in [6, 6.07) is 7.10. The van der Waals surface area contributed by atoms with Crippen molar-refractivity contribution in [3.8, 4) is 22.9 Å². The molecule has 0 saturated heterocycles. The van der Waals surface area contributed by atoms with Crippen LogP contribution >= 0.6 is 0 Å². The fourth-order valence-corrected chi connectivity index (χ4v) is 4.84. The number of rotatable bonds is 18. The van der Waals surface area contributed by atoms with Crippen molar-refractivity contribution in [3.05, 3.63) is 36.7 Å². The highest BCUT2D eigenvalue weighted by Crippen LogP contribution is 2.29. The summed E-state index contributed by atoms with van der Waals surface area (Å²) in [5.74, 6) is 2.76. The first-order chi connectivity index (χ1) is 17.7. The lowest BCUT2D eigenvalue weighted by Crippen LogP contribution is -2.24. The first kappa shape index (κ1) is 28.3. The molecule has 36 heavy (non-hydrogen) atoms. The number of halogens is 2. The molecule has 3 rings (SSSR count). The molecule has 2 aromatic rings. The first-order valence-corrected chi connectivity index (χ1v) is 14.1. The van der Waals surface area contributed by atoms with Gasteiger partial charge in [0.05, 0.1) is 19.0 Å². The van der Waals surface area contributed by atoms with Crippen molar-refractivity contribution in [2.45, 2.75) is 109 Å². The summed E-state index contributed by atoms with van der Waals surface area (Å²) >= 11 is 0. The SMILES string of the molecule is CCCCC[C@H](F)[C@@H](F)COc1ccc(-c2ncc(OCCCCCCCC3CCCC3)cn2)cc1. The van der Waals surface area contributed by atoms with Gasteiger partial charge in [-0.3, -0.25) is 0 Å². The molecule has 0 bridgehead atoms. The standard InChI is InChI=1S/C30H44F2N2O2/c1-2-3-7-15-28(31)29(32)23-36-26-18-16-25(17-19-26)30-33-21-27(22-34-30)35-20-11-6-4-5-8-12-24-13-9-10-14-24/h16-19,21-22,24,28-29H,2-15,20,23H2,1H3/t28-,29-/m0/s1. The van der Waals surface area contributed by atoms with Crippen molar-refractivity contribution >= 4 is 0 Å². The van der Waals surface area contributed by atoms with Gasteiger partial charge < -0.3 is 9.47 Å². The third kappa shape index (κ3) is 10.4. The van der Waals surface area contributed by atoms with Gasteiger partial charge in [0.15, 0.2) is 17.7 Å². The van der Waals surface area contributed by atoms with E-state index in [-0.39, 0.29) is 13.0 Å². The van der Waals surface area contributed by atoms with Crippen LogP contribution in [0.5, 0.6) is 11.5 Å². The van der Waals surface area contributed by atoms with E-state index >= 15 is 0 Å². The lowest BCUT2D eigenvalue weighted by Gasteiger charge is -2.14. The lowest BCUT2D eigenvalue weighted by atomic mass is 9.99. The Bertz CT molecular complexity index is 826. The van der Waals surface area contributed by atoms with Crippen molar-refractivity contribution in [1.82, 2.24) is 9.97 Å². The van der Waals surface area contributed by atoms with Crippen LogP contribution in [0.15, 0.2) is 36.7 Å². The first-order valence-electron chi connectivity index (χ1n) is 14.1. The van der Waals surface area contributed by atoms with Gasteiger partial charge in [-0.05, 0) is 43.0 Å². The highest BCUT2D eigenvalue weighted by atomic mass is 19.2. The third-order valence-electron chi connectivity index (χ3n) is 7.13. The Balaban J connectivity index is 1.29. The fourth-order valence-electron chi connectivity index (χ4n) is 4.84. The van der Waals surface area contributed by atoms with E-state index in [0.29, 0.717) is 30.4 Å². The molecule has 1 aromatic carbocycles. The van der Waals surface area contributed by atoms with Gasteiger partial charge in [0.2, 0.25) is 0 Å². The molecule has 1 aliphatic rings. The molecule has 0 spiro atoms. The molecule has 0 amide bonds. The second-order valence-corrected chi connectivity index (χ2v) is 10.2. The van der Waals surface area contributed by atoms with Crippen LogP contribution in [0.4, 0.5) is 8.78 Å². The third-order valence-corrected chi connectivity index (χ3v) is 7.13. The second kappa shape index (κ2) is 16.5. The Labute approximate surface area is 216 Å². The molecule has 1 fully saturated rings. The molecular formula is C30H44F2N2O2. The second-order valence-electron chi connectivity index (χ2n) is 10.2. The molecule has 1 heterocycles. The molecule has 0 unspecified atom stereocenters. The van der Waals surface area contributed by atoms with E-state index in [0.717, 1.165) is 30.7 Å². The zero-order valence-electron chi connectivity index (χ0n) is 22.0. The average Bonchev–Trinajstić information content (AvgIpc) is 3.43. The van der Waals surface area contributed by atoms with E-state index in [1.54, 1.807) is 24.5 Å². The fraction of sp³-hybridized carbons (Fsp3) is 0.667. The quantitative estimate of drug-likeness (QED) is 0.191. The minimum atomic E-state index is -1.61. The topological polar surface area (TPSA) is 44.2 Å². The Morgan fingerprint density at radius 3 is 2.22 bits per heavy atom. The number of nitrogens with zero attached hydrogens (tertiary/aromatic N) is 2. The number of aromatic nitrogens is 2. The minimum absolute atomic E-state index is 0.245. The summed E-state index contributed by atoms with van der Waals surface area (Å²) in [4.78, 5) is 8.80. The van der Waals surface area contributed by atoms with E-state index in [2.05, 4.69) is 9.97 Å². The summed E-state index contributed by atoms with van der Waals surface area (Å²) in [7, 11) is 0. The van der Waals surface area contributed by atoms with Crippen LogP contribution in [-0.4, -0.2) is 35.5 Å². The maximum atomic E-state index is 14.0. The average molecular weight is 503 g/mol. The summed E-state index contributed by atoms with van der Waals surface area (Å²) in [5, 5.41) is 0. The van der Waals surface area contributed by atoms with E-state index in [4.69, 9.17) is 9.47 Å². The molecule has 1 aliphatic carbocycles.